The highest BCUT2D eigenvalue weighted by Crippen LogP contribution is 2.11. The molecule has 0 aromatic rings. The molecule has 0 radical (unpaired) electrons. The van der Waals surface area contributed by atoms with Crippen LogP contribution in [0.2, 0.25) is 0 Å². The third-order valence-corrected chi connectivity index (χ3v) is 3.50. The summed E-state index contributed by atoms with van der Waals surface area (Å²) in [4.78, 5) is 16.0. The van der Waals surface area contributed by atoms with E-state index in [0.29, 0.717) is 12.5 Å². The summed E-state index contributed by atoms with van der Waals surface area (Å²) in [6, 6.07) is 0.625. The molecule has 5 nitrogen and oxygen atoms in total. The fraction of sp³-hybridized carbons (Fsp3) is 0.909. The predicted molar refractivity (Wildman–Crippen MR) is 61.3 cm³/mol. The summed E-state index contributed by atoms with van der Waals surface area (Å²) in [6.07, 6.45) is 0.511. The molecule has 0 aromatic heterocycles. The van der Waals surface area contributed by atoms with Gasteiger partial charge in [0.05, 0.1) is 13.5 Å². The average Bonchev–Trinajstić information content (AvgIpc) is 2.35. The number of carbonyl (C=O) groups excluding carboxylic acids is 1. The molecule has 0 saturated carbocycles. The second-order valence-electron chi connectivity index (χ2n) is 4.52. The van der Waals surface area contributed by atoms with Crippen LogP contribution in [0.25, 0.3) is 0 Å². The molecule has 2 saturated heterocycles. The van der Waals surface area contributed by atoms with E-state index in [9.17, 15) is 4.79 Å². The van der Waals surface area contributed by atoms with Crippen molar-refractivity contribution < 1.29 is 9.53 Å². The molecule has 0 aliphatic carbocycles. The fourth-order valence-corrected chi connectivity index (χ4v) is 2.49. The Hall–Kier alpha value is -0.650. The van der Waals surface area contributed by atoms with Crippen molar-refractivity contribution in [3.63, 3.8) is 0 Å². The number of fused-ring (bicyclic) bond motifs is 1. The lowest BCUT2D eigenvalue weighted by Crippen LogP contribution is -2.61. The van der Waals surface area contributed by atoms with Gasteiger partial charge in [-0.1, -0.05) is 0 Å². The highest BCUT2D eigenvalue weighted by molar-refractivity contribution is 5.69. The van der Waals surface area contributed by atoms with Crippen LogP contribution in [0, 0.1) is 0 Å². The molecule has 16 heavy (non-hydrogen) atoms. The van der Waals surface area contributed by atoms with Crippen LogP contribution in [-0.4, -0.2) is 74.7 Å². The largest absolute Gasteiger partial charge is 0.469 e. The summed E-state index contributed by atoms with van der Waals surface area (Å²) in [7, 11) is 1.45. The number of hydrogen-bond acceptors (Lipinski definition) is 5. The van der Waals surface area contributed by atoms with Gasteiger partial charge in [-0.05, 0) is 0 Å². The van der Waals surface area contributed by atoms with E-state index in [-0.39, 0.29) is 5.97 Å². The molecule has 0 bridgehead atoms. The van der Waals surface area contributed by atoms with Gasteiger partial charge in [0.1, 0.15) is 0 Å². The highest BCUT2D eigenvalue weighted by atomic mass is 16.5. The molecule has 5 heteroatoms. The monoisotopic (exact) mass is 227 g/mol. The van der Waals surface area contributed by atoms with Crippen molar-refractivity contribution in [2.24, 2.45) is 0 Å². The summed E-state index contributed by atoms with van der Waals surface area (Å²) >= 11 is 0. The Morgan fingerprint density at radius 2 is 2.31 bits per heavy atom. The van der Waals surface area contributed by atoms with E-state index in [2.05, 4.69) is 19.9 Å². The molecule has 2 rings (SSSR count). The summed E-state index contributed by atoms with van der Waals surface area (Å²) in [5, 5.41) is 3.42. The van der Waals surface area contributed by atoms with Gasteiger partial charge in [0.25, 0.3) is 0 Å². The molecule has 1 unspecified atom stereocenters. The van der Waals surface area contributed by atoms with Crippen LogP contribution < -0.4 is 5.32 Å². The zero-order valence-electron chi connectivity index (χ0n) is 9.95. The van der Waals surface area contributed by atoms with Crippen LogP contribution in [0.5, 0.6) is 0 Å². The van der Waals surface area contributed by atoms with E-state index in [1.165, 1.54) is 7.11 Å². The Morgan fingerprint density at radius 3 is 3.12 bits per heavy atom. The molecule has 0 spiro atoms. The first kappa shape index (κ1) is 11.8. The minimum Gasteiger partial charge on any atom is -0.469 e. The number of esters is 1. The number of ether oxygens (including phenoxy) is 1. The van der Waals surface area contributed by atoms with Gasteiger partial charge in [-0.2, -0.15) is 0 Å². The molecule has 0 aromatic carbocycles. The molecule has 2 heterocycles. The number of hydrogen-bond donors (Lipinski definition) is 1. The van der Waals surface area contributed by atoms with Crippen molar-refractivity contribution >= 4 is 5.97 Å². The third kappa shape index (κ3) is 2.93. The van der Waals surface area contributed by atoms with Gasteiger partial charge in [-0.15, -0.1) is 0 Å². The summed E-state index contributed by atoms with van der Waals surface area (Å²) in [6.45, 7) is 7.46. The Morgan fingerprint density at radius 1 is 1.44 bits per heavy atom. The maximum atomic E-state index is 11.1. The molecular weight excluding hydrogens is 206 g/mol. The third-order valence-electron chi connectivity index (χ3n) is 3.50. The molecule has 2 fully saturated rings. The molecule has 2 aliphatic heterocycles. The van der Waals surface area contributed by atoms with Gasteiger partial charge < -0.3 is 10.1 Å². The van der Waals surface area contributed by atoms with Crippen LogP contribution in [0.3, 0.4) is 0 Å². The number of nitrogens with one attached hydrogen (secondary N) is 1. The Balaban J connectivity index is 1.74. The number of piperazine rings is 2. The van der Waals surface area contributed by atoms with E-state index in [0.717, 1.165) is 45.8 Å². The van der Waals surface area contributed by atoms with Gasteiger partial charge in [0.2, 0.25) is 0 Å². The number of nitrogens with zero attached hydrogens (tertiary/aromatic N) is 2. The van der Waals surface area contributed by atoms with Crippen LogP contribution in [-0.2, 0) is 9.53 Å². The Kier molecular flexibility index (Phi) is 4.15. The average molecular weight is 227 g/mol. The standard InChI is InChI=1S/C11H21N3O2/c1-16-11(15)2-4-13-6-7-14-5-3-12-8-10(14)9-13/h10,12H,2-9H2,1H3. The van der Waals surface area contributed by atoms with Crippen molar-refractivity contribution in [3.05, 3.63) is 0 Å². The van der Waals surface area contributed by atoms with Crippen molar-refractivity contribution in [3.8, 4) is 0 Å². The smallest absolute Gasteiger partial charge is 0.306 e. The van der Waals surface area contributed by atoms with Crippen molar-refractivity contribution in [1.29, 1.82) is 0 Å². The first-order valence-corrected chi connectivity index (χ1v) is 6.03. The van der Waals surface area contributed by atoms with Gasteiger partial charge >= 0.3 is 5.97 Å². The number of methoxy groups -OCH3 is 1. The lowest BCUT2D eigenvalue weighted by atomic mass is 10.1. The lowest BCUT2D eigenvalue weighted by molar-refractivity contribution is -0.141. The van der Waals surface area contributed by atoms with E-state index in [4.69, 9.17) is 0 Å². The van der Waals surface area contributed by atoms with E-state index < -0.39 is 0 Å². The van der Waals surface area contributed by atoms with Gasteiger partial charge in [-0.3, -0.25) is 14.6 Å². The number of carbonyl (C=O) groups is 1. The zero-order valence-corrected chi connectivity index (χ0v) is 9.95. The van der Waals surface area contributed by atoms with E-state index in [1.807, 2.05) is 0 Å². The van der Waals surface area contributed by atoms with E-state index >= 15 is 0 Å². The molecule has 0 amide bonds. The van der Waals surface area contributed by atoms with Gasteiger partial charge in [0.15, 0.2) is 0 Å². The van der Waals surface area contributed by atoms with Crippen molar-refractivity contribution in [1.82, 2.24) is 15.1 Å². The number of rotatable bonds is 3. The Bertz CT molecular complexity index is 247. The summed E-state index contributed by atoms with van der Waals surface area (Å²) in [5.41, 5.74) is 0. The molecular formula is C11H21N3O2. The molecule has 92 valence electrons. The van der Waals surface area contributed by atoms with Crippen LogP contribution in [0.1, 0.15) is 6.42 Å². The normalized spacial score (nSPS) is 27.4. The second-order valence-corrected chi connectivity index (χ2v) is 4.52. The minimum atomic E-state index is -0.107. The maximum Gasteiger partial charge on any atom is 0.306 e. The van der Waals surface area contributed by atoms with Gasteiger partial charge in [-0.25, -0.2) is 0 Å². The van der Waals surface area contributed by atoms with Crippen molar-refractivity contribution in [2.75, 3.05) is 52.9 Å². The highest BCUT2D eigenvalue weighted by Gasteiger charge is 2.28. The topological polar surface area (TPSA) is 44.8 Å². The van der Waals surface area contributed by atoms with E-state index in [1.54, 1.807) is 0 Å². The zero-order chi connectivity index (χ0) is 11.4. The Labute approximate surface area is 96.7 Å². The molecule has 2 aliphatic rings. The maximum absolute atomic E-state index is 11.1. The molecule has 1 N–H and O–H groups in total. The van der Waals surface area contributed by atoms with Crippen LogP contribution in [0.4, 0.5) is 0 Å². The molecule has 1 atom stereocenters. The lowest BCUT2D eigenvalue weighted by Gasteiger charge is -2.44. The first-order valence-electron chi connectivity index (χ1n) is 6.03. The minimum absolute atomic E-state index is 0.107. The van der Waals surface area contributed by atoms with Gasteiger partial charge in [0, 0.05) is 51.9 Å². The quantitative estimate of drug-likeness (QED) is 0.636. The summed E-state index contributed by atoms with van der Waals surface area (Å²) in [5.74, 6) is -0.107. The predicted octanol–water partition coefficient (Wildman–Crippen LogP) is -0.861. The second kappa shape index (κ2) is 5.61. The fourth-order valence-electron chi connectivity index (χ4n) is 2.49. The van der Waals surface area contributed by atoms with Crippen LogP contribution >= 0.6 is 0 Å². The van der Waals surface area contributed by atoms with Crippen molar-refractivity contribution in [2.45, 2.75) is 12.5 Å². The first-order chi connectivity index (χ1) is 7.79. The van der Waals surface area contributed by atoms with Crippen LogP contribution in [0.15, 0.2) is 0 Å². The SMILES string of the molecule is COC(=O)CCN1CCN2CCNCC2C1. The summed E-state index contributed by atoms with van der Waals surface area (Å²) < 4.78 is 4.66.